The summed E-state index contributed by atoms with van der Waals surface area (Å²) in [5.41, 5.74) is 0. The molecule has 0 N–H and O–H groups in total. The van der Waals surface area contributed by atoms with E-state index >= 15 is 0 Å². The Morgan fingerprint density at radius 3 is 2.36 bits per heavy atom. The molecule has 0 amide bonds. The van der Waals surface area contributed by atoms with Gasteiger partial charge in [0.25, 0.3) is 0 Å². The molecule has 0 aliphatic carbocycles. The van der Waals surface area contributed by atoms with Crippen molar-refractivity contribution in [1.82, 2.24) is 0 Å². The van der Waals surface area contributed by atoms with Crippen LogP contribution in [0.5, 0.6) is 0 Å². The van der Waals surface area contributed by atoms with Gasteiger partial charge in [0.05, 0.1) is 0 Å². The Labute approximate surface area is 88.5 Å². The van der Waals surface area contributed by atoms with E-state index in [-0.39, 0.29) is 0 Å². The van der Waals surface area contributed by atoms with Gasteiger partial charge in [-0.15, -0.1) is 0 Å². The zero-order chi connectivity index (χ0) is 8.27. The first kappa shape index (κ1) is 10.7. The number of hydrogen-bond donors (Lipinski definition) is 0. The molecule has 0 nitrogen and oxygen atoms in total. The molecular formula is C10H22Xe. The zero-order valence-electron chi connectivity index (χ0n) is 8.07. The molecule has 11 heavy (non-hydrogen) atoms. The second-order valence-electron chi connectivity index (χ2n) is 4.14. The van der Waals surface area contributed by atoms with Crippen molar-refractivity contribution in [2.75, 3.05) is 0 Å². The van der Waals surface area contributed by atoms with Crippen LogP contribution in [0.4, 0.5) is 0 Å². The van der Waals surface area contributed by atoms with E-state index in [2.05, 4.69) is 15.2 Å². The molecule has 1 heteroatoms. The average Bonchev–Trinajstić information content (AvgIpc) is 1.95. The van der Waals surface area contributed by atoms with Crippen molar-refractivity contribution >= 4 is 0 Å². The predicted molar refractivity (Wildman–Crippen MR) is 49.1 cm³/mol. The summed E-state index contributed by atoms with van der Waals surface area (Å²) >= 11 is -0.424. The molecule has 1 aliphatic heterocycles. The minimum absolute atomic E-state index is 0.424. The van der Waals surface area contributed by atoms with Crippen molar-refractivity contribution in [2.45, 2.75) is 36.3 Å². The van der Waals surface area contributed by atoms with Crippen molar-refractivity contribution in [3.05, 3.63) is 0 Å². The minimum atomic E-state index is -0.424. The molecule has 0 aromatic rings. The second-order valence-corrected chi connectivity index (χ2v) is 10.2. The van der Waals surface area contributed by atoms with Crippen LogP contribution in [0.1, 0.15) is 33.1 Å². The molecule has 1 saturated heterocycles. The Morgan fingerprint density at radius 1 is 1.00 bits per heavy atom. The van der Waals surface area contributed by atoms with Crippen LogP contribution < -0.4 is 0 Å². The van der Waals surface area contributed by atoms with Gasteiger partial charge in [-0.3, -0.25) is 0 Å². The van der Waals surface area contributed by atoms with Crippen molar-refractivity contribution in [2.24, 2.45) is 11.8 Å². The normalized spacial score (nSPS) is 44.5. The van der Waals surface area contributed by atoms with Crippen LogP contribution in [0.15, 0.2) is 0 Å². The van der Waals surface area contributed by atoms with E-state index in [0.717, 1.165) is 11.8 Å². The Kier molecular flexibility index (Phi) is 5.16. The fourth-order valence-electron chi connectivity index (χ4n) is 1.69. The van der Waals surface area contributed by atoms with Gasteiger partial charge in [-0.25, -0.2) is 0 Å². The van der Waals surface area contributed by atoms with Crippen LogP contribution in [-0.4, -0.2) is 0 Å². The Morgan fingerprint density at radius 2 is 1.64 bits per heavy atom. The summed E-state index contributed by atoms with van der Waals surface area (Å²) in [4.78, 5) is 0. The Balaban J connectivity index is 2.34. The second kappa shape index (κ2) is 5.33. The van der Waals surface area contributed by atoms with E-state index in [1.165, 1.54) is 19.3 Å². The molecule has 0 aromatic heterocycles. The van der Waals surface area contributed by atoms with Gasteiger partial charge in [0.2, 0.25) is 0 Å². The molecule has 0 bridgehead atoms. The van der Waals surface area contributed by atoms with Crippen LogP contribution in [0.3, 0.4) is 0 Å². The van der Waals surface area contributed by atoms with Gasteiger partial charge in [0.1, 0.15) is 0 Å². The summed E-state index contributed by atoms with van der Waals surface area (Å²) in [7, 11) is 0. The third-order valence-electron chi connectivity index (χ3n) is 2.60. The van der Waals surface area contributed by atoms with Gasteiger partial charge < -0.3 is 0 Å². The van der Waals surface area contributed by atoms with E-state index in [4.69, 9.17) is 0 Å². The van der Waals surface area contributed by atoms with Gasteiger partial charge in [-0.2, -0.15) is 0 Å². The molecular weight excluding hydrogens is 251 g/mol. The molecule has 1 rings (SSSR count). The van der Waals surface area contributed by atoms with Gasteiger partial charge in [0, 0.05) is 0 Å². The average molecular weight is 274 g/mol. The first-order chi connectivity index (χ1) is 5.18. The monoisotopic (exact) mass is 274 g/mol. The maximum atomic E-state index is 2.57. The Bertz CT molecular complexity index is 99.4. The summed E-state index contributed by atoms with van der Waals surface area (Å²) in [6, 6.07) is 0. The van der Waals surface area contributed by atoms with Crippen LogP contribution in [0.2, 0.25) is 3.17 Å². The van der Waals surface area contributed by atoms with Crippen LogP contribution in [-0.2, 0) is 0 Å². The SMILES string of the molecule is CC1CCC(C)C[XeH](C)CC1. The van der Waals surface area contributed by atoms with Gasteiger partial charge in [-0.1, -0.05) is 0 Å². The van der Waals surface area contributed by atoms with Crippen molar-refractivity contribution < 1.29 is 41.8 Å². The van der Waals surface area contributed by atoms with E-state index in [1.54, 1.807) is 1.78 Å². The molecule has 0 radical (unpaired) electrons. The predicted octanol–water partition coefficient (Wildman–Crippen LogP) is 3.68. The third kappa shape index (κ3) is 4.37. The maximum absolute atomic E-state index is 2.57. The first-order valence-electron chi connectivity index (χ1n) is 4.70. The summed E-state index contributed by atoms with van der Waals surface area (Å²) in [5, 5.41) is 0. The van der Waals surface area contributed by atoms with Crippen molar-refractivity contribution in [3.63, 3.8) is 0 Å². The van der Waals surface area contributed by atoms with E-state index in [0.29, 0.717) is 0 Å². The number of rotatable bonds is 0. The van der Waals surface area contributed by atoms with E-state index in [9.17, 15) is 0 Å². The molecule has 0 saturated carbocycles. The molecule has 70 valence electrons. The molecule has 0 spiro atoms. The van der Waals surface area contributed by atoms with Gasteiger partial charge >= 0.3 is 90.0 Å². The van der Waals surface area contributed by atoms with E-state index in [1.807, 2.05) is 0 Å². The fourth-order valence-corrected chi connectivity index (χ4v) is 7.26. The molecule has 1 heterocycles. The van der Waals surface area contributed by atoms with Crippen LogP contribution >= 0.6 is 0 Å². The van der Waals surface area contributed by atoms with Gasteiger partial charge in [0.15, 0.2) is 0 Å². The molecule has 1 fully saturated rings. The molecule has 1 aliphatic rings. The standard InChI is InChI=1S/C10H22Xe/c1-9-4-5-10(2)8-11(3)7-6-9/h9-11H,4-8H2,1-3H3. The van der Waals surface area contributed by atoms with E-state index < -0.39 is 41.8 Å². The zero-order valence-corrected chi connectivity index (χ0v) is 10.2. The van der Waals surface area contributed by atoms with Crippen LogP contribution in [0.25, 0.3) is 0 Å². The summed E-state index contributed by atoms with van der Waals surface area (Å²) in [6.45, 7) is 4.88. The number of hydrogen-bond acceptors (Lipinski definition) is 0. The molecule has 3 atom stereocenters. The summed E-state index contributed by atoms with van der Waals surface area (Å²) in [6.07, 6.45) is 4.53. The van der Waals surface area contributed by atoms with Crippen LogP contribution in [0, 0.1) is 53.7 Å². The summed E-state index contributed by atoms with van der Waals surface area (Å²) in [5.74, 6) is 2.07. The molecule has 0 aromatic carbocycles. The first-order valence-corrected chi connectivity index (χ1v) is 9.91. The molecule has 3 unspecified atom stereocenters. The quantitative estimate of drug-likeness (QED) is 0.631. The van der Waals surface area contributed by atoms with Gasteiger partial charge in [-0.05, 0) is 0 Å². The third-order valence-corrected chi connectivity index (χ3v) is 8.08. The van der Waals surface area contributed by atoms with Crippen molar-refractivity contribution in [1.29, 1.82) is 0 Å². The summed E-state index contributed by atoms with van der Waals surface area (Å²) < 4.78 is 5.81. The topological polar surface area (TPSA) is 0 Å². The Hall–Kier alpha value is 1.57. The fraction of sp³-hybridized carbons (Fsp3) is 1.00. The van der Waals surface area contributed by atoms with Crippen molar-refractivity contribution in [3.8, 4) is 0 Å².